The van der Waals surface area contributed by atoms with E-state index in [2.05, 4.69) is 33.2 Å². The van der Waals surface area contributed by atoms with Crippen LogP contribution in [0.25, 0.3) is 0 Å². The van der Waals surface area contributed by atoms with Crippen LogP contribution in [-0.2, 0) is 12.6 Å². The number of alkyl halides is 3. The Morgan fingerprint density at radius 3 is 2.52 bits per heavy atom. The van der Waals surface area contributed by atoms with Gasteiger partial charge in [-0.1, -0.05) is 24.3 Å². The van der Waals surface area contributed by atoms with Crippen LogP contribution in [0, 0.1) is 3.57 Å². The van der Waals surface area contributed by atoms with E-state index in [1.54, 1.807) is 12.1 Å². The summed E-state index contributed by atoms with van der Waals surface area (Å²) >= 11 is 2.13. The number of benzene rings is 2. The molecule has 7 heteroatoms. The zero-order chi connectivity index (χ0) is 16.9. The number of amides is 2. The first-order valence-electron chi connectivity index (χ1n) is 6.81. The predicted octanol–water partition coefficient (Wildman–Crippen LogP) is 4.67. The molecule has 0 aliphatic heterocycles. The maximum Gasteiger partial charge on any atom is 0.416 e. The topological polar surface area (TPSA) is 41.1 Å². The molecule has 0 saturated carbocycles. The molecular formula is C16H14F3IN2O. The molecule has 0 atom stereocenters. The Kier molecular flexibility index (Phi) is 5.86. The molecule has 0 aliphatic carbocycles. The molecule has 0 aromatic heterocycles. The third-order valence-electron chi connectivity index (χ3n) is 3.04. The lowest BCUT2D eigenvalue weighted by molar-refractivity contribution is -0.137. The van der Waals surface area contributed by atoms with Crippen LogP contribution in [0.5, 0.6) is 0 Å². The van der Waals surface area contributed by atoms with Crippen molar-refractivity contribution < 1.29 is 18.0 Å². The third kappa shape index (κ3) is 5.74. The number of hydrogen-bond acceptors (Lipinski definition) is 1. The third-order valence-corrected chi connectivity index (χ3v) is 3.71. The van der Waals surface area contributed by atoms with Gasteiger partial charge in [-0.25, -0.2) is 4.79 Å². The van der Waals surface area contributed by atoms with Gasteiger partial charge in [0.05, 0.1) is 5.56 Å². The van der Waals surface area contributed by atoms with Crippen molar-refractivity contribution in [2.75, 3.05) is 11.9 Å². The Morgan fingerprint density at radius 1 is 1.09 bits per heavy atom. The minimum Gasteiger partial charge on any atom is -0.338 e. The summed E-state index contributed by atoms with van der Waals surface area (Å²) in [7, 11) is 0. The van der Waals surface area contributed by atoms with Gasteiger partial charge in [-0.2, -0.15) is 13.2 Å². The number of hydrogen-bond donors (Lipinski definition) is 2. The van der Waals surface area contributed by atoms with Crippen molar-refractivity contribution in [3.05, 3.63) is 63.2 Å². The van der Waals surface area contributed by atoms with E-state index >= 15 is 0 Å². The molecule has 0 radical (unpaired) electrons. The average molecular weight is 434 g/mol. The van der Waals surface area contributed by atoms with Gasteiger partial charge >= 0.3 is 12.2 Å². The molecule has 2 rings (SSSR count). The van der Waals surface area contributed by atoms with Gasteiger partial charge in [-0.05, 0) is 58.8 Å². The van der Waals surface area contributed by atoms with Crippen LogP contribution in [0.4, 0.5) is 23.7 Å². The molecule has 0 unspecified atom stereocenters. The van der Waals surface area contributed by atoms with Gasteiger partial charge in [0.25, 0.3) is 0 Å². The predicted molar refractivity (Wildman–Crippen MR) is 91.3 cm³/mol. The number of halogens is 4. The molecule has 0 bridgehead atoms. The molecular weight excluding hydrogens is 420 g/mol. The molecule has 2 aromatic carbocycles. The van der Waals surface area contributed by atoms with Crippen molar-refractivity contribution in [3.63, 3.8) is 0 Å². The molecule has 0 saturated heterocycles. The fraction of sp³-hybridized carbons (Fsp3) is 0.188. The average Bonchev–Trinajstić information content (AvgIpc) is 2.46. The van der Waals surface area contributed by atoms with Crippen molar-refractivity contribution in [2.45, 2.75) is 12.6 Å². The minimum absolute atomic E-state index is 0.247. The summed E-state index contributed by atoms with van der Waals surface area (Å²) in [5, 5.41) is 5.29. The van der Waals surface area contributed by atoms with Crippen LogP contribution in [0.2, 0.25) is 0 Å². The smallest absolute Gasteiger partial charge is 0.338 e. The second-order valence-corrected chi connectivity index (χ2v) is 6.09. The summed E-state index contributed by atoms with van der Waals surface area (Å²) in [6.07, 6.45) is -4.03. The zero-order valence-electron chi connectivity index (χ0n) is 12.0. The van der Waals surface area contributed by atoms with Gasteiger partial charge in [0.15, 0.2) is 0 Å². The highest BCUT2D eigenvalue weighted by Crippen LogP contribution is 2.29. The number of anilines is 1. The fourth-order valence-corrected chi connectivity index (χ4v) is 2.51. The number of nitrogens with one attached hydrogen (secondary N) is 2. The first-order valence-corrected chi connectivity index (χ1v) is 7.89. The number of urea groups is 1. The Labute approximate surface area is 145 Å². The second kappa shape index (κ2) is 7.67. The van der Waals surface area contributed by atoms with Gasteiger partial charge in [0.1, 0.15) is 0 Å². The zero-order valence-corrected chi connectivity index (χ0v) is 14.1. The maximum atomic E-state index is 12.6. The highest BCUT2D eigenvalue weighted by Gasteiger charge is 2.30. The lowest BCUT2D eigenvalue weighted by Crippen LogP contribution is -2.30. The van der Waals surface area contributed by atoms with Crippen LogP contribution < -0.4 is 10.6 Å². The van der Waals surface area contributed by atoms with Crippen molar-refractivity contribution in [1.29, 1.82) is 0 Å². The van der Waals surface area contributed by atoms with Gasteiger partial charge < -0.3 is 10.6 Å². The lowest BCUT2D eigenvalue weighted by atomic mass is 10.1. The lowest BCUT2D eigenvalue weighted by Gasteiger charge is -2.10. The second-order valence-electron chi connectivity index (χ2n) is 4.84. The molecule has 0 aliphatic rings. The van der Waals surface area contributed by atoms with E-state index in [1.165, 1.54) is 6.07 Å². The summed E-state index contributed by atoms with van der Waals surface area (Å²) in [6, 6.07) is 12.0. The summed E-state index contributed by atoms with van der Waals surface area (Å²) in [6.45, 7) is 0.247. The van der Waals surface area contributed by atoms with Crippen molar-refractivity contribution >= 4 is 34.3 Å². The normalized spacial score (nSPS) is 11.1. The first-order chi connectivity index (χ1) is 10.8. The Balaban J connectivity index is 1.84. The highest BCUT2D eigenvalue weighted by atomic mass is 127. The summed E-state index contributed by atoms with van der Waals surface area (Å²) in [5.74, 6) is 0. The van der Waals surface area contributed by atoms with Gasteiger partial charge in [0.2, 0.25) is 0 Å². The van der Waals surface area contributed by atoms with E-state index in [0.717, 1.165) is 15.7 Å². The fourth-order valence-electron chi connectivity index (χ4n) is 1.97. The first kappa shape index (κ1) is 17.6. The number of carbonyl (C=O) groups is 1. The summed E-state index contributed by atoms with van der Waals surface area (Å²) in [4.78, 5) is 11.7. The molecule has 23 heavy (non-hydrogen) atoms. The van der Waals surface area contributed by atoms with Crippen LogP contribution in [-0.4, -0.2) is 12.6 Å². The summed E-state index contributed by atoms with van der Waals surface area (Å²) < 4.78 is 38.8. The SMILES string of the molecule is O=C(NCCc1cccc(C(F)(F)F)c1)Nc1cccc(I)c1. The Hall–Kier alpha value is -1.77. The molecule has 2 N–H and O–H groups in total. The molecule has 0 fully saturated rings. The number of carbonyl (C=O) groups excluding carboxylic acids is 1. The van der Waals surface area contributed by atoms with Crippen molar-refractivity contribution in [2.24, 2.45) is 0 Å². The standard InChI is InChI=1S/C16H14F3IN2O/c17-16(18,19)12-4-1-3-11(9-12)7-8-21-15(23)22-14-6-2-5-13(20)10-14/h1-6,9-10H,7-8H2,(H2,21,22,23). The van der Waals surface area contributed by atoms with Crippen LogP contribution in [0.1, 0.15) is 11.1 Å². The van der Waals surface area contributed by atoms with Crippen molar-refractivity contribution in [1.82, 2.24) is 5.32 Å². The van der Waals surface area contributed by atoms with Crippen LogP contribution in [0.15, 0.2) is 48.5 Å². The van der Waals surface area contributed by atoms with Crippen LogP contribution in [0.3, 0.4) is 0 Å². The Bertz CT molecular complexity index is 689. The maximum absolute atomic E-state index is 12.6. The summed E-state index contributed by atoms with van der Waals surface area (Å²) in [5.41, 5.74) is 0.501. The molecule has 3 nitrogen and oxygen atoms in total. The van der Waals surface area contributed by atoms with Gasteiger partial charge in [-0.3, -0.25) is 0 Å². The molecule has 2 aromatic rings. The largest absolute Gasteiger partial charge is 0.416 e. The van der Waals surface area contributed by atoms with E-state index in [-0.39, 0.29) is 12.6 Å². The monoisotopic (exact) mass is 434 g/mol. The van der Waals surface area contributed by atoms with Crippen LogP contribution >= 0.6 is 22.6 Å². The Morgan fingerprint density at radius 2 is 1.83 bits per heavy atom. The highest BCUT2D eigenvalue weighted by molar-refractivity contribution is 14.1. The van der Waals surface area contributed by atoms with E-state index in [9.17, 15) is 18.0 Å². The van der Waals surface area contributed by atoms with E-state index in [4.69, 9.17) is 0 Å². The van der Waals surface area contributed by atoms with E-state index in [1.807, 2.05) is 18.2 Å². The quantitative estimate of drug-likeness (QED) is 0.675. The van der Waals surface area contributed by atoms with Crippen molar-refractivity contribution in [3.8, 4) is 0 Å². The van der Waals surface area contributed by atoms with Gasteiger partial charge in [-0.15, -0.1) is 0 Å². The molecule has 2 amide bonds. The molecule has 0 heterocycles. The van der Waals surface area contributed by atoms with E-state index in [0.29, 0.717) is 17.7 Å². The molecule has 0 spiro atoms. The number of rotatable bonds is 4. The van der Waals surface area contributed by atoms with E-state index < -0.39 is 11.7 Å². The molecule has 122 valence electrons. The minimum atomic E-state index is -4.36. The van der Waals surface area contributed by atoms with Gasteiger partial charge in [0, 0.05) is 15.8 Å².